The average molecular weight is 715 g/mol. The Morgan fingerprint density at radius 1 is 0.840 bits per heavy atom. The van der Waals surface area contributed by atoms with Crippen LogP contribution in [-0.2, 0) is 35.3 Å². The molecule has 3 aromatic heterocycles. The number of hydrogen-bond acceptors (Lipinski definition) is 5. The summed E-state index contributed by atoms with van der Waals surface area (Å²) in [6, 6.07) is 21.1. The summed E-state index contributed by atoms with van der Waals surface area (Å²) in [4.78, 5) is 33.5. The van der Waals surface area contributed by atoms with E-state index in [1.165, 1.54) is 5.56 Å². The second kappa shape index (κ2) is 14.2. The van der Waals surface area contributed by atoms with Gasteiger partial charge in [0.25, 0.3) is 0 Å². The van der Waals surface area contributed by atoms with Gasteiger partial charge in [-0.05, 0) is 82.0 Å². The largest absolute Gasteiger partial charge is 0.444 e. The molecule has 0 spiro atoms. The Balaban J connectivity index is 1.37. The summed E-state index contributed by atoms with van der Waals surface area (Å²) in [7, 11) is 0. The fourth-order valence-corrected chi connectivity index (χ4v) is 6.37. The van der Waals surface area contributed by atoms with Gasteiger partial charge in [0.1, 0.15) is 17.0 Å². The number of carbonyl (C=O) groups excluding carboxylic acids is 2. The summed E-state index contributed by atoms with van der Waals surface area (Å²) in [5.41, 5.74) is 3.09. The van der Waals surface area contributed by atoms with Crippen LogP contribution in [0.15, 0.2) is 79.1 Å². The maximum absolute atomic E-state index is 14.0. The van der Waals surface area contributed by atoms with Crippen LogP contribution in [0.2, 0.25) is 10.0 Å². The Labute approximate surface area is 300 Å². The number of H-pyrrole nitrogens is 2. The number of benzene rings is 3. The van der Waals surface area contributed by atoms with Gasteiger partial charge in [0, 0.05) is 47.0 Å². The van der Waals surface area contributed by atoms with Gasteiger partial charge < -0.3 is 29.9 Å². The molecule has 0 aliphatic heterocycles. The quantitative estimate of drug-likeness (QED) is 0.108. The number of hydrogen-bond donors (Lipinski definition) is 4. The maximum atomic E-state index is 14.0. The number of halogens is 2. The molecule has 260 valence electrons. The minimum atomic E-state index is -1.31. The molecular weight excluding hydrogens is 673 g/mol. The molecular formula is C38H41Cl2N7O3. The summed E-state index contributed by atoms with van der Waals surface area (Å²) in [6.07, 6.45) is 5.01. The monoisotopic (exact) mass is 713 g/mol. The predicted molar refractivity (Wildman–Crippen MR) is 198 cm³/mol. The molecule has 10 nitrogen and oxygen atoms in total. The molecule has 0 unspecified atom stereocenters. The Hall–Kier alpha value is -4.80. The highest BCUT2D eigenvalue weighted by atomic mass is 35.5. The molecule has 3 aromatic carbocycles. The third-order valence-corrected chi connectivity index (χ3v) is 9.31. The molecule has 2 amide bonds. The van der Waals surface area contributed by atoms with Gasteiger partial charge in [-0.3, -0.25) is 4.79 Å². The molecule has 0 saturated heterocycles. The minimum Gasteiger partial charge on any atom is -0.444 e. The van der Waals surface area contributed by atoms with Crippen LogP contribution in [0.1, 0.15) is 69.0 Å². The third kappa shape index (κ3) is 7.98. The van der Waals surface area contributed by atoms with Gasteiger partial charge in [0.05, 0.1) is 22.6 Å². The predicted octanol–water partition coefficient (Wildman–Crippen LogP) is 8.08. The molecule has 6 aromatic rings. The van der Waals surface area contributed by atoms with Crippen molar-refractivity contribution >= 4 is 57.0 Å². The molecule has 12 heteroatoms. The van der Waals surface area contributed by atoms with Crippen molar-refractivity contribution in [3.8, 4) is 0 Å². The molecule has 0 aliphatic rings. The summed E-state index contributed by atoms with van der Waals surface area (Å²) in [5.74, 6) is 0.912. The topological polar surface area (TPSA) is 130 Å². The number of aryl methyl sites for hydroxylation is 2. The number of nitrogens with zero attached hydrogens (tertiary/aromatic N) is 3. The van der Waals surface area contributed by atoms with Crippen molar-refractivity contribution in [2.75, 3.05) is 0 Å². The van der Waals surface area contributed by atoms with E-state index < -0.39 is 29.2 Å². The van der Waals surface area contributed by atoms with Crippen LogP contribution in [0, 0.1) is 0 Å². The average Bonchev–Trinajstić information content (AvgIpc) is 3.77. The smallest absolute Gasteiger partial charge is 0.408 e. The van der Waals surface area contributed by atoms with E-state index in [-0.39, 0.29) is 0 Å². The maximum Gasteiger partial charge on any atom is 0.408 e. The zero-order chi connectivity index (χ0) is 35.6. The Kier molecular flexibility index (Phi) is 9.96. The van der Waals surface area contributed by atoms with Gasteiger partial charge in [-0.15, -0.1) is 10.2 Å². The molecule has 0 aliphatic carbocycles. The second-order valence-electron chi connectivity index (χ2n) is 14.0. The van der Waals surface area contributed by atoms with Crippen molar-refractivity contribution in [1.29, 1.82) is 0 Å². The minimum absolute atomic E-state index is 0.391. The Morgan fingerprint density at radius 2 is 1.48 bits per heavy atom. The molecule has 50 heavy (non-hydrogen) atoms. The van der Waals surface area contributed by atoms with Crippen LogP contribution < -0.4 is 10.6 Å². The molecule has 0 radical (unpaired) electrons. The second-order valence-corrected chi connectivity index (χ2v) is 14.8. The standard InChI is InChI=1S/C38H41Cl2N7O3/c1-37(2,3)50-36(49)44-38(4,5)35(48)43-32(19-25-21-42-31-13-9-7-11-27(25)31)34-46-45-33(47(34)22-23-14-16-28(39)29(40)18-23)17-15-24-20-41-30-12-8-6-10-26(24)30/h6-14,16,18,20-21,32,41-42H,15,17,19,22H2,1-5H3,(H,43,48)(H,44,49)/t32-/m1/s1. The fourth-order valence-electron chi connectivity index (χ4n) is 6.05. The number of para-hydroxylation sites is 2. The first kappa shape index (κ1) is 35.0. The van der Waals surface area contributed by atoms with E-state index in [9.17, 15) is 9.59 Å². The summed E-state index contributed by atoms with van der Waals surface area (Å²) >= 11 is 12.7. The van der Waals surface area contributed by atoms with E-state index >= 15 is 0 Å². The lowest BCUT2D eigenvalue weighted by Crippen LogP contribution is -2.56. The van der Waals surface area contributed by atoms with Crippen molar-refractivity contribution in [2.24, 2.45) is 0 Å². The fraction of sp³-hybridized carbons (Fsp3) is 0.316. The van der Waals surface area contributed by atoms with Gasteiger partial charge in [-0.25, -0.2) is 4.79 Å². The van der Waals surface area contributed by atoms with Crippen LogP contribution in [0.4, 0.5) is 4.79 Å². The van der Waals surface area contributed by atoms with Crippen LogP contribution >= 0.6 is 23.2 Å². The zero-order valence-corrected chi connectivity index (χ0v) is 30.2. The molecule has 1 atom stereocenters. The molecule has 0 bridgehead atoms. The lowest BCUT2D eigenvalue weighted by atomic mass is 10.0. The highest BCUT2D eigenvalue weighted by Crippen LogP contribution is 2.28. The number of carbonyl (C=O) groups is 2. The molecule has 3 heterocycles. The first-order chi connectivity index (χ1) is 23.8. The first-order valence-electron chi connectivity index (χ1n) is 16.6. The van der Waals surface area contributed by atoms with Gasteiger partial charge in [-0.1, -0.05) is 65.7 Å². The van der Waals surface area contributed by atoms with Crippen molar-refractivity contribution in [2.45, 2.75) is 77.6 Å². The SMILES string of the molecule is CC(C)(C)OC(=O)NC(C)(C)C(=O)N[C@H](Cc1c[nH]c2ccccc12)c1nnc(CCc2c[nH]c3ccccc23)n1Cc1ccc(Cl)c(Cl)c1. The van der Waals surface area contributed by atoms with Gasteiger partial charge in [0.2, 0.25) is 5.91 Å². The highest BCUT2D eigenvalue weighted by molar-refractivity contribution is 6.42. The summed E-state index contributed by atoms with van der Waals surface area (Å²) in [6.45, 7) is 8.99. The molecule has 4 N–H and O–H groups in total. The zero-order valence-electron chi connectivity index (χ0n) is 28.7. The third-order valence-electron chi connectivity index (χ3n) is 8.57. The highest BCUT2D eigenvalue weighted by Gasteiger charge is 2.35. The van der Waals surface area contributed by atoms with Crippen molar-refractivity contribution in [3.05, 3.63) is 118 Å². The van der Waals surface area contributed by atoms with Gasteiger partial charge in [-0.2, -0.15) is 0 Å². The van der Waals surface area contributed by atoms with Crippen LogP contribution in [0.5, 0.6) is 0 Å². The van der Waals surface area contributed by atoms with E-state index in [1.54, 1.807) is 40.7 Å². The van der Waals surface area contributed by atoms with Crippen LogP contribution in [-0.4, -0.2) is 47.9 Å². The van der Waals surface area contributed by atoms with E-state index in [0.717, 1.165) is 45.2 Å². The van der Waals surface area contributed by atoms with Gasteiger partial charge in [0.15, 0.2) is 5.82 Å². The van der Waals surface area contributed by atoms with Crippen molar-refractivity contribution in [3.63, 3.8) is 0 Å². The van der Waals surface area contributed by atoms with E-state index in [2.05, 4.69) is 32.7 Å². The van der Waals surface area contributed by atoms with Crippen LogP contribution in [0.3, 0.4) is 0 Å². The summed E-state index contributed by atoms with van der Waals surface area (Å²) < 4.78 is 7.50. The molecule has 0 saturated carbocycles. The lowest BCUT2D eigenvalue weighted by Gasteiger charge is -2.30. The molecule has 6 rings (SSSR count). The number of aromatic nitrogens is 5. The van der Waals surface area contributed by atoms with Crippen molar-refractivity contribution < 1.29 is 14.3 Å². The first-order valence-corrected chi connectivity index (χ1v) is 17.3. The lowest BCUT2D eigenvalue weighted by molar-refractivity contribution is -0.127. The number of nitrogens with one attached hydrogen (secondary N) is 4. The number of amides is 2. The van der Waals surface area contributed by atoms with E-state index in [4.69, 9.17) is 38.1 Å². The normalized spacial score (nSPS) is 12.7. The number of rotatable bonds is 11. The van der Waals surface area contributed by atoms with Crippen LogP contribution in [0.25, 0.3) is 21.8 Å². The number of ether oxygens (including phenoxy) is 1. The van der Waals surface area contributed by atoms with E-state index in [0.29, 0.717) is 35.3 Å². The number of fused-ring (bicyclic) bond motifs is 2. The molecule has 0 fully saturated rings. The Morgan fingerprint density at radius 3 is 2.14 bits per heavy atom. The Bertz CT molecular complexity index is 2160. The number of alkyl carbamates (subject to hydrolysis) is 1. The number of aromatic amines is 2. The summed E-state index contributed by atoms with van der Waals surface area (Å²) in [5, 5.41) is 18.5. The van der Waals surface area contributed by atoms with Crippen molar-refractivity contribution in [1.82, 2.24) is 35.4 Å². The van der Waals surface area contributed by atoms with Gasteiger partial charge >= 0.3 is 6.09 Å². The van der Waals surface area contributed by atoms with E-state index in [1.807, 2.05) is 65.5 Å².